The van der Waals surface area contributed by atoms with Crippen LogP contribution in [0.15, 0.2) is 12.2 Å². The number of unbranched alkanes of at least 4 members (excludes halogenated alkanes) is 42. The molecular weight excluding hydrogens is 879 g/mol. The zero-order chi connectivity index (χ0) is 51.0. The summed E-state index contributed by atoms with van der Waals surface area (Å²) in [5, 5.41) is 65.0. The van der Waals surface area contributed by atoms with E-state index in [0.717, 1.165) is 44.9 Å². The first kappa shape index (κ1) is 66.9. The number of aliphatic hydroxyl groups is 6. The van der Waals surface area contributed by atoms with Gasteiger partial charge in [0.1, 0.15) is 30.5 Å². The van der Waals surface area contributed by atoms with Crippen LogP contribution in [-0.2, 0) is 14.3 Å². The predicted octanol–water partition coefficient (Wildman–Crippen LogP) is 14.2. The van der Waals surface area contributed by atoms with Crippen LogP contribution in [0.1, 0.15) is 303 Å². The molecule has 8 unspecified atom stereocenters. The minimum Gasteiger partial charge on any atom is -0.394 e. The SMILES string of the molecule is CCCCCCCCCCCCC/C=C/C(O)C(COC1OC(CO)C(O)C(O)C1O)NC(=O)C(O)CCCCCCCCCCCCCCCCCCCCCCCCCCCCCCCCCC. The van der Waals surface area contributed by atoms with Crippen LogP contribution in [0.5, 0.6) is 0 Å². The Hall–Kier alpha value is -1.11. The van der Waals surface area contributed by atoms with E-state index in [-0.39, 0.29) is 6.61 Å². The Balaban J connectivity index is 2.12. The Morgan fingerprint density at radius 3 is 1.16 bits per heavy atom. The molecule has 1 fully saturated rings. The standard InChI is InChI=1S/C60H117NO9/c1-3-5-7-9-11-13-15-17-18-19-20-21-22-23-24-25-26-27-28-29-30-31-32-33-34-35-37-39-41-43-45-47-49-54(64)59(68)61-52(51-69-60-58(67)57(66)56(65)55(50-62)70-60)53(63)48-46-44-42-40-38-36-16-14-12-10-8-6-4-2/h46,48,52-58,60,62-67H,3-45,47,49-51H2,1-2H3,(H,61,68)/b48-46+. The summed E-state index contributed by atoms with van der Waals surface area (Å²) in [6.45, 7) is 3.64. The molecule has 0 aromatic carbocycles. The Kier molecular flexibility index (Phi) is 47.9. The number of hydrogen-bond donors (Lipinski definition) is 7. The molecule has 0 aromatic rings. The lowest BCUT2D eigenvalue weighted by molar-refractivity contribution is -0.302. The number of ether oxygens (including phenoxy) is 2. The lowest BCUT2D eigenvalue weighted by atomic mass is 9.99. The van der Waals surface area contributed by atoms with Gasteiger partial charge >= 0.3 is 0 Å². The number of allylic oxidation sites excluding steroid dienone is 1. The lowest BCUT2D eigenvalue weighted by Crippen LogP contribution is -2.60. The van der Waals surface area contributed by atoms with Gasteiger partial charge in [0.2, 0.25) is 5.91 Å². The molecule has 1 rings (SSSR count). The van der Waals surface area contributed by atoms with E-state index < -0.39 is 61.5 Å². The molecule has 0 saturated carbocycles. The second kappa shape index (κ2) is 50.1. The topological polar surface area (TPSA) is 169 Å². The summed E-state index contributed by atoms with van der Waals surface area (Å²) in [4.78, 5) is 13.1. The van der Waals surface area contributed by atoms with E-state index in [1.54, 1.807) is 6.08 Å². The number of amides is 1. The van der Waals surface area contributed by atoms with Gasteiger partial charge in [-0.1, -0.05) is 296 Å². The van der Waals surface area contributed by atoms with Crippen molar-refractivity contribution in [1.82, 2.24) is 5.32 Å². The Labute approximate surface area is 431 Å². The average Bonchev–Trinajstić information content (AvgIpc) is 3.36. The molecule has 1 aliphatic heterocycles. The van der Waals surface area contributed by atoms with Crippen molar-refractivity contribution in [2.75, 3.05) is 13.2 Å². The first-order valence-electron chi connectivity index (χ1n) is 30.5. The maximum absolute atomic E-state index is 13.1. The molecule has 1 aliphatic rings. The summed E-state index contributed by atoms with van der Waals surface area (Å²) >= 11 is 0. The molecule has 8 atom stereocenters. The summed E-state index contributed by atoms with van der Waals surface area (Å²) in [5.74, 6) is -0.610. The summed E-state index contributed by atoms with van der Waals surface area (Å²) < 4.78 is 11.2. The van der Waals surface area contributed by atoms with E-state index in [0.29, 0.717) is 6.42 Å². The molecule has 0 aliphatic carbocycles. The number of hydrogen-bond acceptors (Lipinski definition) is 9. The lowest BCUT2D eigenvalue weighted by Gasteiger charge is -2.40. The van der Waals surface area contributed by atoms with Crippen LogP contribution in [-0.4, -0.2) is 98.7 Å². The quantitative estimate of drug-likeness (QED) is 0.0232. The molecular formula is C60H117NO9. The fraction of sp³-hybridized carbons (Fsp3) is 0.950. The largest absolute Gasteiger partial charge is 0.394 e. The third-order valence-corrected chi connectivity index (χ3v) is 15.0. The smallest absolute Gasteiger partial charge is 0.249 e. The number of nitrogens with one attached hydrogen (secondary N) is 1. The highest BCUT2D eigenvalue weighted by molar-refractivity contribution is 5.80. The van der Waals surface area contributed by atoms with E-state index in [4.69, 9.17) is 9.47 Å². The molecule has 1 heterocycles. The first-order chi connectivity index (χ1) is 34.3. The molecule has 1 amide bonds. The van der Waals surface area contributed by atoms with E-state index in [9.17, 15) is 35.4 Å². The summed E-state index contributed by atoms with van der Waals surface area (Å²) in [6, 6.07) is -0.976. The van der Waals surface area contributed by atoms with Crippen LogP contribution in [0.2, 0.25) is 0 Å². The van der Waals surface area contributed by atoms with E-state index in [1.807, 2.05) is 6.08 Å². The van der Waals surface area contributed by atoms with Gasteiger partial charge in [-0.15, -0.1) is 0 Å². The predicted molar refractivity (Wildman–Crippen MR) is 292 cm³/mol. The van der Waals surface area contributed by atoms with Crippen molar-refractivity contribution in [2.24, 2.45) is 0 Å². The molecule has 10 heteroatoms. The second-order valence-corrected chi connectivity index (χ2v) is 21.7. The van der Waals surface area contributed by atoms with Gasteiger partial charge in [0.15, 0.2) is 6.29 Å². The van der Waals surface area contributed by atoms with Crippen molar-refractivity contribution in [1.29, 1.82) is 0 Å². The van der Waals surface area contributed by atoms with Gasteiger partial charge in [0.25, 0.3) is 0 Å². The normalized spacial score (nSPS) is 19.8. The van der Waals surface area contributed by atoms with Crippen molar-refractivity contribution in [2.45, 2.75) is 352 Å². The van der Waals surface area contributed by atoms with Crippen LogP contribution in [0.3, 0.4) is 0 Å². The third-order valence-electron chi connectivity index (χ3n) is 15.0. The highest BCUT2D eigenvalue weighted by atomic mass is 16.7. The monoisotopic (exact) mass is 996 g/mol. The zero-order valence-electron chi connectivity index (χ0n) is 45.9. The highest BCUT2D eigenvalue weighted by Gasteiger charge is 2.44. The molecule has 0 radical (unpaired) electrons. The number of carbonyl (C=O) groups is 1. The minimum absolute atomic E-state index is 0.301. The second-order valence-electron chi connectivity index (χ2n) is 21.7. The molecule has 0 bridgehead atoms. The van der Waals surface area contributed by atoms with Gasteiger partial charge in [-0.2, -0.15) is 0 Å². The Bertz CT molecular complexity index is 1130. The molecule has 0 spiro atoms. The van der Waals surface area contributed by atoms with Crippen LogP contribution < -0.4 is 5.32 Å². The van der Waals surface area contributed by atoms with Gasteiger partial charge in [-0.3, -0.25) is 4.79 Å². The maximum Gasteiger partial charge on any atom is 0.249 e. The van der Waals surface area contributed by atoms with Crippen molar-refractivity contribution in [3.05, 3.63) is 12.2 Å². The fourth-order valence-electron chi connectivity index (χ4n) is 10.0. The summed E-state index contributed by atoms with van der Waals surface area (Å²) in [6.07, 6.45) is 52.0. The summed E-state index contributed by atoms with van der Waals surface area (Å²) in [5.41, 5.74) is 0. The molecule has 7 N–H and O–H groups in total. The molecule has 10 nitrogen and oxygen atoms in total. The van der Waals surface area contributed by atoms with E-state index in [1.165, 1.54) is 238 Å². The van der Waals surface area contributed by atoms with Crippen molar-refractivity contribution in [3.8, 4) is 0 Å². The summed E-state index contributed by atoms with van der Waals surface area (Å²) in [7, 11) is 0. The van der Waals surface area contributed by atoms with Gasteiger partial charge in [0, 0.05) is 0 Å². The van der Waals surface area contributed by atoms with Crippen LogP contribution in [0.4, 0.5) is 0 Å². The van der Waals surface area contributed by atoms with Crippen LogP contribution >= 0.6 is 0 Å². The van der Waals surface area contributed by atoms with Crippen molar-refractivity contribution < 1.29 is 44.9 Å². The molecule has 416 valence electrons. The van der Waals surface area contributed by atoms with E-state index >= 15 is 0 Å². The van der Waals surface area contributed by atoms with E-state index in [2.05, 4.69) is 19.2 Å². The fourth-order valence-corrected chi connectivity index (χ4v) is 10.0. The van der Waals surface area contributed by atoms with Gasteiger partial charge < -0.3 is 45.4 Å². The van der Waals surface area contributed by atoms with Gasteiger partial charge in [-0.05, 0) is 19.3 Å². The van der Waals surface area contributed by atoms with Crippen molar-refractivity contribution in [3.63, 3.8) is 0 Å². The zero-order valence-corrected chi connectivity index (χ0v) is 45.9. The number of rotatable bonds is 53. The average molecular weight is 997 g/mol. The molecule has 0 aromatic heterocycles. The van der Waals surface area contributed by atoms with Crippen LogP contribution in [0.25, 0.3) is 0 Å². The number of aliphatic hydroxyl groups excluding tert-OH is 6. The number of carbonyl (C=O) groups excluding carboxylic acids is 1. The van der Waals surface area contributed by atoms with Crippen molar-refractivity contribution >= 4 is 5.91 Å². The highest BCUT2D eigenvalue weighted by Crippen LogP contribution is 2.23. The Morgan fingerprint density at radius 2 is 0.814 bits per heavy atom. The van der Waals surface area contributed by atoms with Gasteiger partial charge in [-0.25, -0.2) is 0 Å². The van der Waals surface area contributed by atoms with Crippen LogP contribution in [0, 0.1) is 0 Å². The molecule has 70 heavy (non-hydrogen) atoms. The Morgan fingerprint density at radius 1 is 0.486 bits per heavy atom. The van der Waals surface area contributed by atoms with Gasteiger partial charge in [0.05, 0.1) is 25.4 Å². The maximum atomic E-state index is 13.1. The third kappa shape index (κ3) is 38.5. The molecule has 1 saturated heterocycles. The first-order valence-corrected chi connectivity index (χ1v) is 30.5. The minimum atomic E-state index is -1.61.